The molecule has 1 aromatic carbocycles. The lowest BCUT2D eigenvalue weighted by Gasteiger charge is -2.22. The van der Waals surface area contributed by atoms with E-state index in [0.717, 1.165) is 36.6 Å². The lowest BCUT2D eigenvalue weighted by atomic mass is 10.1. The Bertz CT molecular complexity index is 1350. The number of hydrogen-bond donors (Lipinski definition) is 2. The van der Waals surface area contributed by atoms with Crippen molar-refractivity contribution in [3.05, 3.63) is 47.8 Å². The van der Waals surface area contributed by atoms with Gasteiger partial charge in [-0.05, 0) is 56.6 Å². The van der Waals surface area contributed by atoms with E-state index in [4.69, 9.17) is 9.47 Å². The molecular formula is C28H37N5O4Si. The number of carbonyl (C=O) groups is 2. The standard InChI is InChI=1S/C28H37N5O4Si/c1-19-6-5-9-32(19)16-22-12-21-15-29-26(14-24(21)33(22)18-36-10-11-38(2,3)4)31-28(35)20-7-8-23-25(13-20)37-17-27(34)30-23/h7-8,12-15,19H,5-6,9-11,16-18H2,1-4H3,(H,30,34)(H,29,31,35)/t19-/m0/s1. The zero-order valence-corrected chi connectivity index (χ0v) is 23.7. The highest BCUT2D eigenvalue weighted by molar-refractivity contribution is 6.76. The summed E-state index contributed by atoms with van der Waals surface area (Å²) >= 11 is 0. The van der Waals surface area contributed by atoms with Crippen LogP contribution in [0.25, 0.3) is 10.9 Å². The van der Waals surface area contributed by atoms with E-state index < -0.39 is 8.07 Å². The highest BCUT2D eigenvalue weighted by Crippen LogP contribution is 2.30. The number of ether oxygens (including phenoxy) is 2. The SMILES string of the molecule is C[C@H]1CCCN1Cc1cc2cnc(NC(=O)c3ccc4c(c3)OCC(=O)N4)cc2n1COCC[Si](C)(C)C. The summed E-state index contributed by atoms with van der Waals surface area (Å²) in [6.07, 6.45) is 4.27. The molecule has 202 valence electrons. The summed E-state index contributed by atoms with van der Waals surface area (Å²) in [5.41, 5.74) is 3.17. The van der Waals surface area contributed by atoms with Gasteiger partial charge in [-0.1, -0.05) is 19.6 Å². The molecule has 0 bridgehead atoms. The number of carbonyl (C=O) groups excluding carboxylic acids is 2. The summed E-state index contributed by atoms with van der Waals surface area (Å²) in [6.45, 7) is 12.5. The van der Waals surface area contributed by atoms with Crippen molar-refractivity contribution < 1.29 is 19.1 Å². The van der Waals surface area contributed by atoms with Crippen molar-refractivity contribution in [3.63, 3.8) is 0 Å². The Labute approximate surface area is 224 Å². The minimum absolute atomic E-state index is 0.0637. The Hall–Kier alpha value is -3.21. The number of amides is 2. The molecule has 5 rings (SSSR count). The fourth-order valence-electron chi connectivity index (χ4n) is 4.94. The molecule has 0 saturated carbocycles. The van der Waals surface area contributed by atoms with Crippen LogP contribution in [-0.4, -0.2) is 60.1 Å². The van der Waals surface area contributed by atoms with Crippen molar-refractivity contribution in [3.8, 4) is 5.75 Å². The van der Waals surface area contributed by atoms with Gasteiger partial charge in [0.05, 0.1) is 11.2 Å². The molecule has 2 aromatic heterocycles. The average molecular weight is 536 g/mol. The minimum Gasteiger partial charge on any atom is -0.482 e. The fourth-order valence-corrected chi connectivity index (χ4v) is 5.70. The summed E-state index contributed by atoms with van der Waals surface area (Å²) in [5, 5.41) is 6.68. The van der Waals surface area contributed by atoms with E-state index >= 15 is 0 Å². The Kier molecular flexibility index (Phi) is 7.56. The van der Waals surface area contributed by atoms with Gasteiger partial charge in [-0.25, -0.2) is 4.98 Å². The lowest BCUT2D eigenvalue weighted by Crippen LogP contribution is -2.27. The number of aromatic nitrogens is 2. The third-order valence-electron chi connectivity index (χ3n) is 7.26. The number of benzene rings is 1. The normalized spacial score (nSPS) is 17.8. The van der Waals surface area contributed by atoms with E-state index in [2.05, 4.69) is 57.7 Å². The molecule has 2 amide bonds. The largest absolute Gasteiger partial charge is 0.482 e. The molecular weight excluding hydrogens is 498 g/mol. The number of rotatable bonds is 9. The molecule has 1 atom stereocenters. The number of likely N-dealkylation sites (tertiary alicyclic amines) is 1. The van der Waals surface area contributed by atoms with Gasteiger partial charge in [-0.15, -0.1) is 0 Å². The van der Waals surface area contributed by atoms with Crippen LogP contribution in [-0.2, 0) is 22.8 Å². The number of fused-ring (bicyclic) bond motifs is 2. The summed E-state index contributed by atoms with van der Waals surface area (Å²) in [4.78, 5) is 31.6. The molecule has 2 aliphatic rings. The topological polar surface area (TPSA) is 97.7 Å². The third kappa shape index (κ3) is 6.08. The molecule has 1 fully saturated rings. The smallest absolute Gasteiger partial charge is 0.262 e. The minimum atomic E-state index is -1.19. The van der Waals surface area contributed by atoms with E-state index in [1.165, 1.54) is 18.5 Å². The fraction of sp³-hybridized carbons (Fsp3) is 0.464. The van der Waals surface area contributed by atoms with Gasteiger partial charge in [0.25, 0.3) is 11.8 Å². The first-order chi connectivity index (χ1) is 18.2. The molecule has 0 aliphatic carbocycles. The van der Waals surface area contributed by atoms with Crippen LogP contribution in [0.4, 0.5) is 11.5 Å². The van der Waals surface area contributed by atoms with E-state index in [9.17, 15) is 9.59 Å². The molecule has 4 heterocycles. The molecule has 9 nitrogen and oxygen atoms in total. The van der Waals surface area contributed by atoms with E-state index in [1.807, 2.05) is 12.3 Å². The summed E-state index contributed by atoms with van der Waals surface area (Å²) < 4.78 is 13.8. The van der Waals surface area contributed by atoms with Crippen LogP contribution >= 0.6 is 0 Å². The maximum atomic E-state index is 13.0. The number of anilines is 2. The Balaban J connectivity index is 1.37. The van der Waals surface area contributed by atoms with Crippen LogP contribution in [0.5, 0.6) is 5.75 Å². The molecule has 0 unspecified atom stereocenters. The second kappa shape index (κ2) is 10.9. The first-order valence-corrected chi connectivity index (χ1v) is 17.0. The predicted octanol–water partition coefficient (Wildman–Crippen LogP) is 4.92. The van der Waals surface area contributed by atoms with E-state index in [-0.39, 0.29) is 18.4 Å². The molecule has 0 spiro atoms. The van der Waals surface area contributed by atoms with Gasteiger partial charge in [-0.3, -0.25) is 14.5 Å². The molecule has 0 radical (unpaired) electrons. The molecule has 2 aliphatic heterocycles. The van der Waals surface area contributed by atoms with Gasteiger partial charge < -0.3 is 24.7 Å². The van der Waals surface area contributed by atoms with Crippen LogP contribution < -0.4 is 15.4 Å². The number of nitrogens with one attached hydrogen (secondary N) is 2. The zero-order valence-electron chi connectivity index (χ0n) is 22.7. The van der Waals surface area contributed by atoms with Crippen LogP contribution in [0.15, 0.2) is 36.5 Å². The molecule has 1 saturated heterocycles. The zero-order chi connectivity index (χ0) is 26.9. The van der Waals surface area contributed by atoms with Crippen molar-refractivity contribution in [2.75, 3.05) is 30.4 Å². The second-order valence-electron chi connectivity index (χ2n) is 11.5. The van der Waals surface area contributed by atoms with Gasteiger partial charge >= 0.3 is 0 Å². The second-order valence-corrected chi connectivity index (χ2v) is 17.1. The van der Waals surface area contributed by atoms with E-state index in [1.54, 1.807) is 18.2 Å². The van der Waals surface area contributed by atoms with Crippen molar-refractivity contribution in [2.24, 2.45) is 0 Å². The highest BCUT2D eigenvalue weighted by Gasteiger charge is 2.23. The lowest BCUT2D eigenvalue weighted by molar-refractivity contribution is -0.118. The molecule has 10 heteroatoms. The Morgan fingerprint density at radius 3 is 2.87 bits per heavy atom. The first kappa shape index (κ1) is 26.4. The van der Waals surface area contributed by atoms with Crippen LogP contribution in [0, 0.1) is 0 Å². The van der Waals surface area contributed by atoms with Crippen LogP contribution in [0.2, 0.25) is 25.7 Å². The summed E-state index contributed by atoms with van der Waals surface area (Å²) in [6, 6.07) is 10.8. The quantitative estimate of drug-likeness (QED) is 0.298. The van der Waals surface area contributed by atoms with E-state index in [0.29, 0.717) is 35.6 Å². The highest BCUT2D eigenvalue weighted by atomic mass is 28.3. The van der Waals surface area contributed by atoms with Gasteiger partial charge in [0.2, 0.25) is 0 Å². The van der Waals surface area contributed by atoms with Crippen molar-refractivity contribution in [2.45, 2.75) is 64.8 Å². The number of pyridine rings is 1. The van der Waals surface area contributed by atoms with Gasteiger partial charge in [0.1, 0.15) is 18.3 Å². The van der Waals surface area contributed by atoms with Crippen molar-refractivity contribution in [1.29, 1.82) is 0 Å². The van der Waals surface area contributed by atoms with Gasteiger partial charge in [-0.2, -0.15) is 0 Å². The molecule has 38 heavy (non-hydrogen) atoms. The van der Waals surface area contributed by atoms with Crippen LogP contribution in [0.1, 0.15) is 35.8 Å². The Morgan fingerprint density at radius 1 is 1.26 bits per heavy atom. The maximum absolute atomic E-state index is 13.0. The number of nitrogens with zero attached hydrogens (tertiary/aromatic N) is 3. The number of hydrogen-bond acceptors (Lipinski definition) is 6. The molecule has 2 N–H and O–H groups in total. The van der Waals surface area contributed by atoms with Gasteiger partial charge in [0.15, 0.2) is 6.61 Å². The van der Waals surface area contributed by atoms with Crippen LogP contribution in [0.3, 0.4) is 0 Å². The van der Waals surface area contributed by atoms with Crippen molar-refractivity contribution >= 4 is 42.3 Å². The summed E-state index contributed by atoms with van der Waals surface area (Å²) in [5.74, 6) is 0.441. The monoisotopic (exact) mass is 535 g/mol. The summed E-state index contributed by atoms with van der Waals surface area (Å²) in [7, 11) is -1.19. The van der Waals surface area contributed by atoms with Crippen molar-refractivity contribution in [1.82, 2.24) is 14.5 Å². The maximum Gasteiger partial charge on any atom is 0.262 e. The predicted molar refractivity (Wildman–Crippen MR) is 151 cm³/mol. The molecule has 3 aromatic rings. The van der Waals surface area contributed by atoms with Gasteiger partial charge in [0, 0.05) is 56.2 Å². The average Bonchev–Trinajstić information content (AvgIpc) is 3.43. The first-order valence-electron chi connectivity index (χ1n) is 13.3. The Morgan fingerprint density at radius 2 is 2.11 bits per heavy atom. The third-order valence-corrected chi connectivity index (χ3v) is 8.97.